The third-order valence-corrected chi connectivity index (χ3v) is 6.35. The predicted molar refractivity (Wildman–Crippen MR) is 122 cm³/mol. The molecule has 0 spiro atoms. The maximum absolute atomic E-state index is 12.6. The number of nitrogens with one attached hydrogen (secondary N) is 2. The van der Waals surface area contributed by atoms with Crippen molar-refractivity contribution in [2.75, 3.05) is 33.3 Å². The summed E-state index contributed by atoms with van der Waals surface area (Å²) in [6.45, 7) is 1.86. The number of rotatable bonds is 8. The molecule has 1 aliphatic heterocycles. The molecule has 2 unspecified atom stereocenters. The summed E-state index contributed by atoms with van der Waals surface area (Å²) in [5.41, 5.74) is 3.74. The Balaban J connectivity index is 1.20. The molecule has 1 aliphatic carbocycles. The number of nitrogens with zero attached hydrogens (tertiary/aromatic N) is 1. The SMILES string of the molecule is COC1CCN(C(=O)c2ccc(C(=O)NCC(O)CNC3Cc4ccccc4C3)cc2)C1. The third kappa shape index (κ3) is 5.35. The first-order valence-electron chi connectivity index (χ1n) is 11.2. The summed E-state index contributed by atoms with van der Waals surface area (Å²) in [6.07, 6.45) is 2.18. The van der Waals surface area contributed by atoms with Crippen molar-refractivity contribution in [2.45, 2.75) is 37.5 Å². The van der Waals surface area contributed by atoms with E-state index in [1.165, 1.54) is 11.1 Å². The molecular weight excluding hydrogens is 406 g/mol. The molecule has 0 bridgehead atoms. The van der Waals surface area contributed by atoms with E-state index < -0.39 is 6.10 Å². The Labute approximate surface area is 188 Å². The van der Waals surface area contributed by atoms with Crippen LogP contribution >= 0.6 is 0 Å². The van der Waals surface area contributed by atoms with Gasteiger partial charge in [0.25, 0.3) is 11.8 Å². The van der Waals surface area contributed by atoms with Crippen LogP contribution in [0.3, 0.4) is 0 Å². The molecule has 0 radical (unpaired) electrons. The zero-order chi connectivity index (χ0) is 22.5. The lowest BCUT2D eigenvalue weighted by Gasteiger charge is -2.17. The molecule has 2 aliphatic rings. The molecule has 2 aromatic carbocycles. The van der Waals surface area contributed by atoms with Crippen LogP contribution in [0.15, 0.2) is 48.5 Å². The fourth-order valence-electron chi connectivity index (χ4n) is 4.44. The Bertz CT molecular complexity index is 921. The number of likely N-dealkylation sites (tertiary alicyclic amines) is 1. The summed E-state index contributed by atoms with van der Waals surface area (Å²) in [4.78, 5) is 26.8. The van der Waals surface area contributed by atoms with Crippen LogP contribution in [0.1, 0.15) is 38.3 Å². The molecular formula is C25H31N3O4. The minimum Gasteiger partial charge on any atom is -0.390 e. The number of carbonyl (C=O) groups excluding carboxylic acids is 2. The predicted octanol–water partition coefficient (Wildman–Crippen LogP) is 1.40. The van der Waals surface area contributed by atoms with Crippen LogP contribution < -0.4 is 10.6 Å². The van der Waals surface area contributed by atoms with Crippen LogP contribution in [0.2, 0.25) is 0 Å². The first kappa shape index (κ1) is 22.5. The number of ether oxygens (including phenoxy) is 1. The van der Waals surface area contributed by atoms with Gasteiger partial charge in [0, 0.05) is 50.5 Å². The van der Waals surface area contributed by atoms with Gasteiger partial charge in [-0.05, 0) is 54.7 Å². The normalized spacial score (nSPS) is 19.1. The van der Waals surface area contributed by atoms with Gasteiger partial charge in [-0.3, -0.25) is 9.59 Å². The van der Waals surface area contributed by atoms with Crippen molar-refractivity contribution in [1.29, 1.82) is 0 Å². The van der Waals surface area contributed by atoms with Gasteiger partial charge < -0.3 is 25.4 Å². The minimum atomic E-state index is -0.674. The zero-order valence-corrected chi connectivity index (χ0v) is 18.4. The monoisotopic (exact) mass is 437 g/mol. The second-order valence-corrected chi connectivity index (χ2v) is 8.62. The third-order valence-electron chi connectivity index (χ3n) is 6.35. The van der Waals surface area contributed by atoms with Crippen LogP contribution in [-0.2, 0) is 17.6 Å². The molecule has 2 amide bonds. The second-order valence-electron chi connectivity index (χ2n) is 8.62. The van der Waals surface area contributed by atoms with E-state index in [0.717, 1.165) is 19.3 Å². The molecule has 0 saturated carbocycles. The van der Waals surface area contributed by atoms with Crippen molar-refractivity contribution in [3.8, 4) is 0 Å². The number of methoxy groups -OCH3 is 1. The zero-order valence-electron chi connectivity index (χ0n) is 18.4. The van der Waals surface area contributed by atoms with Gasteiger partial charge in [0.15, 0.2) is 0 Å². The van der Waals surface area contributed by atoms with Crippen molar-refractivity contribution >= 4 is 11.8 Å². The van der Waals surface area contributed by atoms with E-state index in [2.05, 4.69) is 34.9 Å². The number of carbonyl (C=O) groups is 2. The molecule has 170 valence electrons. The summed E-state index contributed by atoms with van der Waals surface area (Å²) in [6, 6.07) is 15.4. The van der Waals surface area contributed by atoms with Gasteiger partial charge in [0.05, 0.1) is 12.2 Å². The molecule has 7 nitrogen and oxygen atoms in total. The van der Waals surface area contributed by atoms with Crippen LogP contribution in [0.4, 0.5) is 0 Å². The Morgan fingerprint density at radius 3 is 2.34 bits per heavy atom. The molecule has 1 saturated heterocycles. The molecule has 3 N–H and O–H groups in total. The molecule has 1 heterocycles. The average molecular weight is 438 g/mol. The van der Waals surface area contributed by atoms with Crippen LogP contribution in [0.5, 0.6) is 0 Å². The van der Waals surface area contributed by atoms with Crippen molar-refractivity contribution in [3.63, 3.8) is 0 Å². The van der Waals surface area contributed by atoms with Crippen LogP contribution in [0.25, 0.3) is 0 Å². The Morgan fingerprint density at radius 2 is 1.72 bits per heavy atom. The number of hydrogen-bond acceptors (Lipinski definition) is 5. The number of fused-ring (bicyclic) bond motifs is 1. The quantitative estimate of drug-likeness (QED) is 0.581. The number of aliphatic hydroxyl groups is 1. The first-order valence-corrected chi connectivity index (χ1v) is 11.2. The maximum Gasteiger partial charge on any atom is 0.253 e. The Kier molecular flexibility index (Phi) is 7.19. The van der Waals surface area contributed by atoms with Gasteiger partial charge in [0.1, 0.15) is 0 Å². The van der Waals surface area contributed by atoms with Crippen molar-refractivity contribution in [1.82, 2.24) is 15.5 Å². The summed E-state index contributed by atoms with van der Waals surface area (Å²) >= 11 is 0. The average Bonchev–Trinajstić information content (AvgIpc) is 3.47. The molecule has 2 atom stereocenters. The maximum atomic E-state index is 12.6. The van der Waals surface area contributed by atoms with Crippen molar-refractivity contribution < 1.29 is 19.4 Å². The molecule has 32 heavy (non-hydrogen) atoms. The standard InChI is InChI=1S/C25H31N3O4/c1-32-23-10-11-28(16-23)25(31)18-8-6-17(7-9-18)24(30)27-15-22(29)14-26-21-12-19-4-2-3-5-20(19)13-21/h2-9,21-23,26,29H,10-16H2,1H3,(H,27,30). The van der Waals surface area contributed by atoms with E-state index in [4.69, 9.17) is 4.74 Å². The van der Waals surface area contributed by atoms with Gasteiger partial charge in [0.2, 0.25) is 0 Å². The highest BCUT2D eigenvalue weighted by Crippen LogP contribution is 2.21. The summed E-state index contributed by atoms with van der Waals surface area (Å²) < 4.78 is 5.31. The summed E-state index contributed by atoms with van der Waals surface area (Å²) in [5, 5.41) is 16.4. The lowest BCUT2D eigenvalue weighted by Crippen LogP contribution is -2.41. The fourth-order valence-corrected chi connectivity index (χ4v) is 4.44. The molecule has 0 aromatic heterocycles. The van der Waals surface area contributed by atoms with Gasteiger partial charge in [-0.2, -0.15) is 0 Å². The largest absolute Gasteiger partial charge is 0.390 e. The van der Waals surface area contributed by atoms with E-state index in [1.807, 2.05) is 0 Å². The number of aliphatic hydroxyl groups excluding tert-OH is 1. The number of benzene rings is 2. The van der Waals surface area contributed by atoms with Crippen LogP contribution in [-0.4, -0.2) is 73.4 Å². The van der Waals surface area contributed by atoms with Gasteiger partial charge in [-0.15, -0.1) is 0 Å². The van der Waals surface area contributed by atoms with Gasteiger partial charge in [-0.1, -0.05) is 24.3 Å². The molecule has 1 fully saturated rings. The second kappa shape index (κ2) is 10.3. The lowest BCUT2D eigenvalue weighted by molar-refractivity contribution is 0.0723. The van der Waals surface area contributed by atoms with E-state index in [9.17, 15) is 14.7 Å². The Morgan fingerprint density at radius 1 is 1.06 bits per heavy atom. The fraction of sp³-hybridized carbons (Fsp3) is 0.440. The topological polar surface area (TPSA) is 90.9 Å². The summed E-state index contributed by atoms with van der Waals surface area (Å²) in [5.74, 6) is -0.316. The molecule has 7 heteroatoms. The van der Waals surface area contributed by atoms with E-state index in [0.29, 0.717) is 36.8 Å². The lowest BCUT2D eigenvalue weighted by atomic mass is 10.1. The van der Waals surface area contributed by atoms with Gasteiger partial charge in [-0.25, -0.2) is 0 Å². The van der Waals surface area contributed by atoms with Gasteiger partial charge >= 0.3 is 0 Å². The van der Waals surface area contributed by atoms with Crippen LogP contribution in [0, 0.1) is 0 Å². The van der Waals surface area contributed by atoms with Crippen molar-refractivity contribution in [2.24, 2.45) is 0 Å². The van der Waals surface area contributed by atoms with E-state index in [-0.39, 0.29) is 24.5 Å². The number of amides is 2. The van der Waals surface area contributed by atoms with E-state index >= 15 is 0 Å². The minimum absolute atomic E-state index is 0.0490. The van der Waals surface area contributed by atoms with E-state index in [1.54, 1.807) is 36.3 Å². The molecule has 4 rings (SSSR count). The highest BCUT2D eigenvalue weighted by atomic mass is 16.5. The molecule has 2 aromatic rings. The number of hydrogen-bond donors (Lipinski definition) is 3. The summed E-state index contributed by atoms with van der Waals surface area (Å²) in [7, 11) is 1.66. The highest BCUT2D eigenvalue weighted by Gasteiger charge is 2.27. The smallest absolute Gasteiger partial charge is 0.253 e. The van der Waals surface area contributed by atoms with Crippen molar-refractivity contribution in [3.05, 3.63) is 70.8 Å². The first-order chi connectivity index (χ1) is 15.5. The highest BCUT2D eigenvalue weighted by molar-refractivity contribution is 5.97. The Hall–Kier alpha value is -2.74.